The van der Waals surface area contributed by atoms with Gasteiger partial charge in [-0.15, -0.1) is 0 Å². The molecule has 0 bridgehead atoms. The summed E-state index contributed by atoms with van der Waals surface area (Å²) in [4.78, 5) is 0. The largest absolute Gasteiger partial charge is 0.396 e. The fourth-order valence-corrected chi connectivity index (χ4v) is 0.931. The molecule has 0 saturated carbocycles. The number of hydrogen-bond acceptors (Lipinski definition) is 3. The molecular formula is C9H21NO2. The van der Waals surface area contributed by atoms with Gasteiger partial charge in [-0.3, -0.25) is 0 Å². The fraction of sp³-hybridized carbons (Fsp3) is 1.00. The Morgan fingerprint density at radius 1 is 1.25 bits per heavy atom. The Bertz CT molecular complexity index is 103. The summed E-state index contributed by atoms with van der Waals surface area (Å²) in [5, 5.41) is 21.4. The molecule has 0 aromatic carbocycles. The van der Waals surface area contributed by atoms with E-state index in [2.05, 4.69) is 19.2 Å². The van der Waals surface area contributed by atoms with Crippen LogP contribution in [0, 0.1) is 5.41 Å². The van der Waals surface area contributed by atoms with Crippen LogP contribution in [-0.4, -0.2) is 36.0 Å². The average Bonchev–Trinajstić information content (AvgIpc) is 2.08. The second-order valence-electron chi connectivity index (χ2n) is 3.71. The lowest BCUT2D eigenvalue weighted by molar-refractivity contribution is 0.0496. The van der Waals surface area contributed by atoms with Gasteiger partial charge in [0, 0.05) is 18.0 Å². The minimum Gasteiger partial charge on any atom is -0.396 e. The molecule has 3 N–H and O–H groups in total. The Morgan fingerprint density at radius 3 is 2.00 bits per heavy atom. The highest BCUT2D eigenvalue weighted by Gasteiger charge is 2.26. The molecule has 74 valence electrons. The zero-order chi connectivity index (χ0) is 9.61. The van der Waals surface area contributed by atoms with Crippen molar-refractivity contribution >= 4 is 0 Å². The molecular weight excluding hydrogens is 154 g/mol. The summed E-state index contributed by atoms with van der Waals surface area (Å²) in [6.07, 6.45) is 0.791. The minimum absolute atomic E-state index is 0.0414. The number of aliphatic hydroxyl groups excluding tert-OH is 2. The summed E-state index contributed by atoms with van der Waals surface area (Å²) in [7, 11) is 0. The van der Waals surface area contributed by atoms with Crippen LogP contribution in [0.5, 0.6) is 0 Å². The molecule has 0 radical (unpaired) electrons. The van der Waals surface area contributed by atoms with Gasteiger partial charge < -0.3 is 15.5 Å². The quantitative estimate of drug-likeness (QED) is 0.546. The van der Waals surface area contributed by atoms with E-state index >= 15 is 0 Å². The van der Waals surface area contributed by atoms with Crippen LogP contribution in [0.25, 0.3) is 0 Å². The summed E-state index contributed by atoms with van der Waals surface area (Å²) in [6, 6.07) is 0.397. The zero-order valence-corrected chi connectivity index (χ0v) is 8.30. The highest BCUT2D eigenvalue weighted by Crippen LogP contribution is 2.18. The predicted molar refractivity (Wildman–Crippen MR) is 50.0 cm³/mol. The molecule has 0 aromatic heterocycles. The van der Waals surface area contributed by atoms with Crippen molar-refractivity contribution in [2.75, 3.05) is 19.8 Å². The molecule has 0 heterocycles. The second kappa shape index (κ2) is 5.51. The van der Waals surface area contributed by atoms with Crippen molar-refractivity contribution in [2.45, 2.75) is 33.2 Å². The van der Waals surface area contributed by atoms with Gasteiger partial charge in [0.05, 0.1) is 13.2 Å². The van der Waals surface area contributed by atoms with Crippen molar-refractivity contribution in [3.8, 4) is 0 Å². The van der Waals surface area contributed by atoms with Crippen LogP contribution >= 0.6 is 0 Å². The third kappa shape index (κ3) is 3.52. The SMILES string of the molecule is CCC(CO)(CO)CNC(C)C. The summed E-state index contributed by atoms with van der Waals surface area (Å²) in [5.41, 5.74) is -0.343. The minimum atomic E-state index is -0.343. The first-order chi connectivity index (χ1) is 5.60. The number of rotatable bonds is 6. The van der Waals surface area contributed by atoms with Gasteiger partial charge in [-0.25, -0.2) is 0 Å². The fourth-order valence-electron chi connectivity index (χ4n) is 0.931. The number of nitrogens with one attached hydrogen (secondary N) is 1. The summed E-state index contributed by atoms with van der Waals surface area (Å²) in [6.45, 7) is 6.84. The van der Waals surface area contributed by atoms with Crippen molar-refractivity contribution in [3.63, 3.8) is 0 Å². The number of aliphatic hydroxyl groups is 2. The van der Waals surface area contributed by atoms with Crippen LogP contribution < -0.4 is 5.32 Å². The Balaban J connectivity index is 3.93. The van der Waals surface area contributed by atoms with Crippen molar-refractivity contribution in [1.82, 2.24) is 5.32 Å². The molecule has 0 unspecified atom stereocenters. The normalized spacial score (nSPS) is 12.5. The van der Waals surface area contributed by atoms with Gasteiger partial charge in [-0.2, -0.15) is 0 Å². The first kappa shape index (κ1) is 11.9. The van der Waals surface area contributed by atoms with Crippen molar-refractivity contribution in [3.05, 3.63) is 0 Å². The monoisotopic (exact) mass is 175 g/mol. The Kier molecular flexibility index (Phi) is 5.46. The lowest BCUT2D eigenvalue weighted by Gasteiger charge is -2.29. The van der Waals surface area contributed by atoms with Crippen molar-refractivity contribution in [1.29, 1.82) is 0 Å². The van der Waals surface area contributed by atoms with Gasteiger partial charge in [0.1, 0.15) is 0 Å². The maximum atomic E-state index is 9.09. The lowest BCUT2D eigenvalue weighted by Crippen LogP contribution is -2.42. The van der Waals surface area contributed by atoms with Crippen molar-refractivity contribution in [2.24, 2.45) is 5.41 Å². The molecule has 0 spiro atoms. The van der Waals surface area contributed by atoms with Gasteiger partial charge in [0.15, 0.2) is 0 Å². The standard InChI is InChI=1S/C9H21NO2/c1-4-9(6-11,7-12)5-10-8(2)3/h8,10-12H,4-7H2,1-3H3. The second-order valence-corrected chi connectivity index (χ2v) is 3.71. The maximum absolute atomic E-state index is 9.09. The average molecular weight is 175 g/mol. The Labute approximate surface area is 74.8 Å². The van der Waals surface area contributed by atoms with E-state index in [9.17, 15) is 0 Å². The van der Waals surface area contributed by atoms with Crippen LogP contribution in [0.2, 0.25) is 0 Å². The van der Waals surface area contributed by atoms with E-state index in [-0.39, 0.29) is 18.6 Å². The smallest absolute Gasteiger partial charge is 0.0521 e. The molecule has 0 aliphatic carbocycles. The van der Waals surface area contributed by atoms with Gasteiger partial charge in [-0.05, 0) is 6.42 Å². The van der Waals surface area contributed by atoms with E-state index < -0.39 is 0 Å². The first-order valence-electron chi connectivity index (χ1n) is 4.55. The molecule has 3 nitrogen and oxygen atoms in total. The van der Waals surface area contributed by atoms with Crippen LogP contribution in [0.1, 0.15) is 27.2 Å². The van der Waals surface area contributed by atoms with Crippen LogP contribution in [-0.2, 0) is 0 Å². The first-order valence-corrected chi connectivity index (χ1v) is 4.55. The molecule has 0 fully saturated rings. The van der Waals surface area contributed by atoms with Crippen LogP contribution in [0.4, 0.5) is 0 Å². The Morgan fingerprint density at radius 2 is 1.75 bits per heavy atom. The summed E-state index contributed by atoms with van der Waals surface area (Å²) < 4.78 is 0. The van der Waals surface area contributed by atoms with Gasteiger partial charge >= 0.3 is 0 Å². The van der Waals surface area contributed by atoms with Gasteiger partial charge in [0.2, 0.25) is 0 Å². The van der Waals surface area contributed by atoms with E-state index in [1.54, 1.807) is 0 Å². The van der Waals surface area contributed by atoms with E-state index in [1.165, 1.54) is 0 Å². The van der Waals surface area contributed by atoms with Crippen LogP contribution in [0.3, 0.4) is 0 Å². The predicted octanol–water partition coefficient (Wildman–Crippen LogP) is 0.365. The zero-order valence-electron chi connectivity index (χ0n) is 8.30. The summed E-state index contributed by atoms with van der Waals surface area (Å²) >= 11 is 0. The molecule has 0 aliphatic heterocycles. The lowest BCUT2D eigenvalue weighted by atomic mass is 9.87. The molecule has 3 heteroatoms. The van der Waals surface area contributed by atoms with Crippen LogP contribution in [0.15, 0.2) is 0 Å². The third-order valence-corrected chi connectivity index (χ3v) is 2.31. The maximum Gasteiger partial charge on any atom is 0.0521 e. The molecule has 12 heavy (non-hydrogen) atoms. The number of hydrogen-bond donors (Lipinski definition) is 3. The van der Waals surface area contributed by atoms with E-state index in [0.29, 0.717) is 12.6 Å². The van der Waals surface area contributed by atoms with E-state index in [4.69, 9.17) is 10.2 Å². The van der Waals surface area contributed by atoms with E-state index in [0.717, 1.165) is 6.42 Å². The Hall–Kier alpha value is -0.120. The topological polar surface area (TPSA) is 52.5 Å². The third-order valence-electron chi connectivity index (χ3n) is 2.31. The van der Waals surface area contributed by atoms with Gasteiger partial charge in [0.25, 0.3) is 0 Å². The molecule has 0 amide bonds. The molecule has 0 saturated heterocycles. The molecule has 0 rings (SSSR count). The van der Waals surface area contributed by atoms with E-state index in [1.807, 2.05) is 6.92 Å². The molecule has 0 aromatic rings. The summed E-state index contributed by atoms with van der Waals surface area (Å²) in [5.74, 6) is 0. The highest BCUT2D eigenvalue weighted by atomic mass is 16.3. The molecule has 0 atom stereocenters. The van der Waals surface area contributed by atoms with Gasteiger partial charge in [-0.1, -0.05) is 20.8 Å². The molecule has 0 aliphatic rings. The highest BCUT2D eigenvalue weighted by molar-refractivity contribution is 4.79. The van der Waals surface area contributed by atoms with Crippen molar-refractivity contribution < 1.29 is 10.2 Å².